The molecule has 0 aliphatic carbocycles. The second-order valence-electron chi connectivity index (χ2n) is 6.54. The fraction of sp³-hybridized carbons (Fsp3) is 0.412. The Morgan fingerprint density at radius 3 is 2.48 bits per heavy atom. The maximum absolute atomic E-state index is 11.2. The number of rotatable bonds is 4. The van der Waals surface area contributed by atoms with E-state index in [2.05, 4.69) is 18.0 Å². The smallest absolute Gasteiger partial charge is 0.399 e. The van der Waals surface area contributed by atoms with E-state index in [1.54, 1.807) is 6.07 Å². The average molecular weight is 312 g/mol. The third-order valence-corrected chi connectivity index (χ3v) is 4.40. The van der Waals surface area contributed by atoms with Gasteiger partial charge >= 0.3 is 7.12 Å². The first kappa shape index (κ1) is 17.3. The maximum Gasteiger partial charge on any atom is 0.496 e. The Hall–Kier alpha value is -2.10. The van der Waals surface area contributed by atoms with Gasteiger partial charge in [-0.1, -0.05) is 18.7 Å². The van der Waals surface area contributed by atoms with Gasteiger partial charge in [0.1, 0.15) is 0 Å². The minimum absolute atomic E-state index is 0.251. The summed E-state index contributed by atoms with van der Waals surface area (Å²) in [7, 11) is -0.577. The van der Waals surface area contributed by atoms with Gasteiger partial charge in [0.05, 0.1) is 22.8 Å². The molecular weight excluding hydrogens is 291 g/mol. The highest BCUT2D eigenvalue weighted by molar-refractivity contribution is 6.62. The molecule has 6 heteroatoms. The molecule has 2 rings (SSSR count). The largest absolute Gasteiger partial charge is 0.496 e. The Labute approximate surface area is 137 Å². The molecule has 0 saturated carbocycles. The van der Waals surface area contributed by atoms with E-state index < -0.39 is 18.3 Å². The van der Waals surface area contributed by atoms with Crippen LogP contribution in [0.15, 0.2) is 30.9 Å². The van der Waals surface area contributed by atoms with Crippen LogP contribution >= 0.6 is 0 Å². The van der Waals surface area contributed by atoms with Crippen LogP contribution in [0.4, 0.5) is 0 Å². The van der Waals surface area contributed by atoms with Gasteiger partial charge in [-0.3, -0.25) is 4.79 Å². The number of carbonyl (C=O) groups is 1. The lowest BCUT2D eigenvalue weighted by Gasteiger charge is -2.32. The topological polar surface area (TPSA) is 71.3 Å². The van der Waals surface area contributed by atoms with Crippen molar-refractivity contribution in [3.8, 4) is 6.07 Å². The standard InChI is InChI=1S/C17H21BN2O3/c1-6-15(21)20-11-12-7-8-14(13(9-12)10-19)18-22-16(2,3)17(4,5)23-18/h6-9H,1,11H2,2-5H3,(H,20,21). The number of carbonyl (C=O) groups excluding carboxylic acids is 1. The van der Waals surface area contributed by atoms with Crippen molar-refractivity contribution >= 4 is 18.5 Å². The lowest BCUT2D eigenvalue weighted by molar-refractivity contribution is -0.116. The van der Waals surface area contributed by atoms with Crippen LogP contribution in [0.5, 0.6) is 0 Å². The van der Waals surface area contributed by atoms with E-state index in [-0.39, 0.29) is 5.91 Å². The summed E-state index contributed by atoms with van der Waals surface area (Å²) in [5.41, 5.74) is 1.10. The predicted octanol–water partition coefficient (Wildman–Crippen LogP) is 1.66. The maximum atomic E-state index is 11.2. The zero-order valence-corrected chi connectivity index (χ0v) is 14.0. The number of amides is 1. The summed E-state index contributed by atoms with van der Waals surface area (Å²) in [6, 6.07) is 7.58. The number of benzene rings is 1. The first-order chi connectivity index (χ1) is 10.7. The van der Waals surface area contributed by atoms with Crippen LogP contribution in [0.3, 0.4) is 0 Å². The van der Waals surface area contributed by atoms with Crippen molar-refractivity contribution in [1.82, 2.24) is 5.32 Å². The molecule has 0 aromatic heterocycles. The molecule has 1 N–H and O–H groups in total. The number of nitriles is 1. The molecule has 1 saturated heterocycles. The third-order valence-electron chi connectivity index (χ3n) is 4.40. The third kappa shape index (κ3) is 3.47. The molecule has 0 bridgehead atoms. The molecule has 1 amide bonds. The van der Waals surface area contributed by atoms with Gasteiger partial charge in [-0.15, -0.1) is 0 Å². The van der Waals surface area contributed by atoms with Crippen LogP contribution < -0.4 is 10.8 Å². The highest BCUT2D eigenvalue weighted by Gasteiger charge is 2.52. The molecule has 0 unspecified atom stereocenters. The Balaban J connectivity index is 2.23. The molecule has 1 aromatic carbocycles. The summed E-state index contributed by atoms with van der Waals surface area (Å²) >= 11 is 0. The fourth-order valence-electron chi connectivity index (χ4n) is 2.25. The van der Waals surface area contributed by atoms with Gasteiger partial charge in [-0.2, -0.15) is 5.26 Å². The van der Waals surface area contributed by atoms with Crippen LogP contribution in [-0.2, 0) is 20.6 Å². The van der Waals surface area contributed by atoms with Gasteiger partial charge in [0.15, 0.2) is 0 Å². The molecule has 1 aliphatic heterocycles. The van der Waals surface area contributed by atoms with Crippen molar-refractivity contribution in [2.75, 3.05) is 0 Å². The van der Waals surface area contributed by atoms with Crippen molar-refractivity contribution in [3.63, 3.8) is 0 Å². The number of hydrogen-bond acceptors (Lipinski definition) is 4. The highest BCUT2D eigenvalue weighted by atomic mass is 16.7. The van der Waals surface area contributed by atoms with Crippen LogP contribution in [0, 0.1) is 11.3 Å². The highest BCUT2D eigenvalue weighted by Crippen LogP contribution is 2.36. The molecule has 0 radical (unpaired) electrons. The van der Waals surface area contributed by atoms with E-state index in [4.69, 9.17) is 9.31 Å². The molecule has 5 nitrogen and oxygen atoms in total. The van der Waals surface area contributed by atoms with E-state index in [0.717, 1.165) is 5.56 Å². The summed E-state index contributed by atoms with van der Waals surface area (Å²) < 4.78 is 12.0. The van der Waals surface area contributed by atoms with Gasteiger partial charge in [0.25, 0.3) is 0 Å². The van der Waals surface area contributed by atoms with E-state index in [0.29, 0.717) is 17.6 Å². The van der Waals surface area contributed by atoms with Crippen molar-refractivity contribution in [1.29, 1.82) is 5.26 Å². The van der Waals surface area contributed by atoms with Gasteiger partial charge in [0, 0.05) is 12.0 Å². The van der Waals surface area contributed by atoms with E-state index in [1.807, 2.05) is 39.8 Å². The monoisotopic (exact) mass is 312 g/mol. The second kappa shape index (κ2) is 6.19. The minimum Gasteiger partial charge on any atom is -0.399 e. The van der Waals surface area contributed by atoms with E-state index >= 15 is 0 Å². The van der Waals surface area contributed by atoms with Crippen LogP contribution in [0.1, 0.15) is 38.8 Å². The van der Waals surface area contributed by atoms with Gasteiger partial charge in [-0.25, -0.2) is 0 Å². The molecule has 120 valence electrons. The first-order valence-electron chi connectivity index (χ1n) is 7.49. The molecular formula is C17H21BN2O3. The number of nitrogens with zero attached hydrogens (tertiary/aromatic N) is 1. The average Bonchev–Trinajstić information content (AvgIpc) is 2.72. The molecule has 1 aromatic rings. The zero-order chi connectivity index (χ0) is 17.3. The molecule has 1 fully saturated rings. The predicted molar refractivity (Wildman–Crippen MR) is 88.9 cm³/mol. The molecule has 0 spiro atoms. The Morgan fingerprint density at radius 2 is 1.96 bits per heavy atom. The van der Waals surface area contributed by atoms with Gasteiger partial charge < -0.3 is 14.6 Å². The van der Waals surface area contributed by atoms with Crippen molar-refractivity contribution < 1.29 is 14.1 Å². The van der Waals surface area contributed by atoms with Crippen molar-refractivity contribution in [3.05, 3.63) is 42.0 Å². The summed E-state index contributed by atoms with van der Waals surface area (Å²) in [6.45, 7) is 11.6. The quantitative estimate of drug-likeness (QED) is 0.678. The lowest BCUT2D eigenvalue weighted by atomic mass is 9.75. The van der Waals surface area contributed by atoms with Crippen LogP contribution in [0.25, 0.3) is 0 Å². The molecule has 23 heavy (non-hydrogen) atoms. The molecule has 1 aliphatic rings. The normalized spacial score (nSPS) is 18.3. The SMILES string of the molecule is C=CC(=O)NCc1ccc(B2OC(C)(C)C(C)(C)O2)c(C#N)c1. The van der Waals surface area contributed by atoms with E-state index in [9.17, 15) is 10.1 Å². The summed E-state index contributed by atoms with van der Waals surface area (Å²) in [4.78, 5) is 11.2. The number of hydrogen-bond donors (Lipinski definition) is 1. The molecule has 1 heterocycles. The Kier molecular flexibility index (Phi) is 4.64. The second-order valence-corrected chi connectivity index (χ2v) is 6.54. The van der Waals surface area contributed by atoms with Crippen molar-refractivity contribution in [2.24, 2.45) is 0 Å². The zero-order valence-electron chi connectivity index (χ0n) is 14.0. The minimum atomic E-state index is -0.577. The summed E-state index contributed by atoms with van der Waals surface area (Å²) in [5.74, 6) is -0.251. The fourth-order valence-corrected chi connectivity index (χ4v) is 2.25. The summed E-state index contributed by atoms with van der Waals surface area (Å²) in [6.07, 6.45) is 1.21. The van der Waals surface area contributed by atoms with Crippen LogP contribution in [-0.4, -0.2) is 24.2 Å². The lowest BCUT2D eigenvalue weighted by Crippen LogP contribution is -2.41. The first-order valence-corrected chi connectivity index (χ1v) is 7.49. The molecule has 0 atom stereocenters. The van der Waals surface area contributed by atoms with Crippen LogP contribution in [0.2, 0.25) is 0 Å². The van der Waals surface area contributed by atoms with Gasteiger partial charge in [-0.05, 0) is 45.4 Å². The summed E-state index contributed by atoms with van der Waals surface area (Å²) in [5, 5.41) is 12.1. The Bertz CT molecular complexity index is 661. The number of nitrogens with one attached hydrogen (secondary N) is 1. The van der Waals surface area contributed by atoms with Crippen molar-refractivity contribution in [2.45, 2.75) is 45.4 Å². The van der Waals surface area contributed by atoms with E-state index in [1.165, 1.54) is 6.08 Å². The van der Waals surface area contributed by atoms with Gasteiger partial charge in [0.2, 0.25) is 5.91 Å². The Morgan fingerprint density at radius 1 is 1.35 bits per heavy atom.